The lowest BCUT2D eigenvalue weighted by Crippen LogP contribution is -2.03. The van der Waals surface area contributed by atoms with Crippen molar-refractivity contribution in [3.05, 3.63) is 24.0 Å². The number of aliphatic carboxylic acids is 1. The average molecular weight is 228 g/mol. The number of carboxylic acids is 1. The summed E-state index contributed by atoms with van der Waals surface area (Å²) in [5, 5.41) is 17.3. The molecule has 0 amide bonds. The van der Waals surface area contributed by atoms with Crippen LogP contribution < -0.4 is 0 Å². The van der Waals surface area contributed by atoms with E-state index in [0.29, 0.717) is 0 Å². The molecule has 0 bridgehead atoms. The van der Waals surface area contributed by atoms with E-state index in [4.69, 9.17) is 10.2 Å². The van der Waals surface area contributed by atoms with Crippen LogP contribution in [0.5, 0.6) is 0 Å². The highest BCUT2D eigenvalue weighted by atomic mass is 16.5. The van der Waals surface area contributed by atoms with Crippen LogP contribution in [0.25, 0.3) is 0 Å². The minimum atomic E-state index is -1.06. The molecule has 0 fully saturated rings. The summed E-state index contributed by atoms with van der Waals surface area (Å²) in [5.74, 6) is -3.02. The maximum absolute atomic E-state index is 11.0. The van der Waals surface area contributed by atoms with Gasteiger partial charge in [-0.25, -0.2) is 4.79 Å². The summed E-state index contributed by atoms with van der Waals surface area (Å²) < 4.78 is 4.19. The zero-order chi connectivity index (χ0) is 12.6. The van der Waals surface area contributed by atoms with E-state index in [1.54, 1.807) is 0 Å². The third kappa shape index (κ3) is 6.36. The average Bonchev–Trinajstić information content (AvgIpc) is 2.24. The molecule has 2 N–H and O–H groups in total. The molecule has 0 atom stereocenters. The van der Waals surface area contributed by atoms with Crippen LogP contribution >= 0.6 is 0 Å². The molecule has 0 aliphatic heterocycles. The Labute approximate surface area is 91.8 Å². The zero-order valence-electron chi connectivity index (χ0n) is 8.67. The van der Waals surface area contributed by atoms with Crippen molar-refractivity contribution >= 4 is 17.7 Å². The van der Waals surface area contributed by atoms with Gasteiger partial charge in [-0.2, -0.15) is 0 Å². The Balaban J connectivity index is 4.14. The Bertz CT molecular complexity index is 339. The largest absolute Gasteiger partial charge is 0.502 e. The lowest BCUT2D eigenvalue weighted by atomic mass is 10.2. The third-order valence-electron chi connectivity index (χ3n) is 1.52. The van der Waals surface area contributed by atoms with Crippen molar-refractivity contribution in [1.82, 2.24) is 0 Å². The standard InChI is InChI=1S/C10H12O6/c1-16-10(15)8(12)4-2-3-7(11)5-6-9(13)14/h2-4,12H,5-6H2,1H3,(H,13,14)/b3-2+,8-4-. The van der Waals surface area contributed by atoms with Crippen LogP contribution in [0, 0.1) is 0 Å². The second-order valence-corrected chi connectivity index (χ2v) is 2.76. The molecule has 0 aromatic rings. The molecule has 0 radical (unpaired) electrons. The molecule has 0 spiro atoms. The van der Waals surface area contributed by atoms with Crippen molar-refractivity contribution in [2.75, 3.05) is 7.11 Å². The second kappa shape index (κ2) is 7.22. The molecule has 0 heterocycles. The molecule has 0 unspecified atom stereocenters. The van der Waals surface area contributed by atoms with Crippen molar-refractivity contribution in [3.63, 3.8) is 0 Å². The first-order chi connectivity index (χ1) is 7.47. The quantitative estimate of drug-likeness (QED) is 0.298. The smallest absolute Gasteiger partial charge is 0.373 e. The highest BCUT2D eigenvalue weighted by Gasteiger charge is 2.04. The SMILES string of the molecule is COC(=O)/C(O)=C/C=C/C(=O)CCC(=O)O. The number of carbonyl (C=O) groups excluding carboxylic acids is 2. The molecule has 6 heteroatoms. The van der Waals surface area contributed by atoms with Crippen molar-refractivity contribution in [2.45, 2.75) is 12.8 Å². The minimum absolute atomic E-state index is 0.126. The van der Waals surface area contributed by atoms with Gasteiger partial charge in [-0.1, -0.05) is 6.08 Å². The van der Waals surface area contributed by atoms with Gasteiger partial charge >= 0.3 is 11.9 Å². The molecule has 6 nitrogen and oxygen atoms in total. The van der Waals surface area contributed by atoms with Crippen LogP contribution in [0.2, 0.25) is 0 Å². The predicted octanol–water partition coefficient (Wildman–Crippen LogP) is 0.591. The van der Waals surface area contributed by atoms with Gasteiger partial charge in [-0.05, 0) is 12.2 Å². The Morgan fingerprint density at radius 2 is 1.81 bits per heavy atom. The molecular weight excluding hydrogens is 216 g/mol. The number of esters is 1. The van der Waals surface area contributed by atoms with Gasteiger partial charge in [0.1, 0.15) is 0 Å². The van der Waals surface area contributed by atoms with Crippen LogP contribution in [0.15, 0.2) is 24.0 Å². The Hall–Kier alpha value is -2.11. The summed E-state index contributed by atoms with van der Waals surface area (Å²) in [4.78, 5) is 31.8. The van der Waals surface area contributed by atoms with E-state index < -0.39 is 23.5 Å². The van der Waals surface area contributed by atoms with Crippen molar-refractivity contribution < 1.29 is 29.3 Å². The van der Waals surface area contributed by atoms with Gasteiger partial charge in [0.05, 0.1) is 13.5 Å². The molecule has 0 aliphatic rings. The van der Waals surface area contributed by atoms with Crippen LogP contribution in [-0.2, 0) is 19.1 Å². The fourth-order valence-electron chi connectivity index (χ4n) is 0.733. The van der Waals surface area contributed by atoms with Crippen molar-refractivity contribution in [3.8, 4) is 0 Å². The Morgan fingerprint density at radius 3 is 2.31 bits per heavy atom. The minimum Gasteiger partial charge on any atom is -0.502 e. The number of carboxylic acid groups (broad SMARTS) is 1. The van der Waals surface area contributed by atoms with E-state index in [1.165, 1.54) is 0 Å². The third-order valence-corrected chi connectivity index (χ3v) is 1.52. The number of aliphatic hydroxyl groups excluding tert-OH is 1. The van der Waals surface area contributed by atoms with E-state index in [-0.39, 0.29) is 12.8 Å². The van der Waals surface area contributed by atoms with Gasteiger partial charge in [0.2, 0.25) is 5.76 Å². The van der Waals surface area contributed by atoms with E-state index >= 15 is 0 Å². The highest BCUT2D eigenvalue weighted by molar-refractivity contribution is 5.92. The van der Waals surface area contributed by atoms with E-state index in [1.807, 2.05) is 0 Å². The molecular formula is C10H12O6. The van der Waals surface area contributed by atoms with Crippen molar-refractivity contribution in [2.24, 2.45) is 0 Å². The van der Waals surface area contributed by atoms with Crippen LogP contribution in [0.4, 0.5) is 0 Å². The number of methoxy groups -OCH3 is 1. The first-order valence-electron chi connectivity index (χ1n) is 4.37. The number of hydrogen-bond acceptors (Lipinski definition) is 5. The topological polar surface area (TPSA) is 101 Å². The van der Waals surface area contributed by atoms with E-state index in [2.05, 4.69) is 4.74 Å². The zero-order valence-corrected chi connectivity index (χ0v) is 8.67. The van der Waals surface area contributed by atoms with Gasteiger partial charge in [-0.3, -0.25) is 9.59 Å². The molecule has 0 aromatic heterocycles. The normalized spacial score (nSPS) is 11.4. The number of rotatable bonds is 6. The number of allylic oxidation sites excluding steroid dienone is 3. The predicted molar refractivity (Wildman–Crippen MR) is 53.7 cm³/mol. The molecule has 0 rings (SSSR count). The highest BCUT2D eigenvalue weighted by Crippen LogP contribution is 1.95. The van der Waals surface area contributed by atoms with Gasteiger partial charge < -0.3 is 14.9 Å². The summed E-state index contributed by atoms with van der Waals surface area (Å²) in [6.45, 7) is 0. The maximum atomic E-state index is 11.0. The Kier molecular flexibility index (Phi) is 6.27. The summed E-state index contributed by atoms with van der Waals surface area (Å²) in [7, 11) is 1.11. The maximum Gasteiger partial charge on any atom is 0.373 e. The summed E-state index contributed by atoms with van der Waals surface area (Å²) in [5.41, 5.74) is 0. The van der Waals surface area contributed by atoms with Gasteiger partial charge in [-0.15, -0.1) is 0 Å². The molecule has 0 aromatic carbocycles. The van der Waals surface area contributed by atoms with Crippen LogP contribution in [0.1, 0.15) is 12.8 Å². The van der Waals surface area contributed by atoms with Gasteiger partial charge in [0.25, 0.3) is 0 Å². The van der Waals surface area contributed by atoms with Crippen molar-refractivity contribution in [1.29, 1.82) is 0 Å². The summed E-state index contributed by atoms with van der Waals surface area (Å²) >= 11 is 0. The molecule has 0 saturated carbocycles. The van der Waals surface area contributed by atoms with E-state index in [0.717, 1.165) is 25.3 Å². The molecule has 0 saturated heterocycles. The number of ether oxygens (including phenoxy) is 1. The fraction of sp³-hybridized carbons (Fsp3) is 0.300. The molecule has 16 heavy (non-hydrogen) atoms. The number of carbonyl (C=O) groups is 3. The second-order valence-electron chi connectivity index (χ2n) is 2.76. The fourth-order valence-corrected chi connectivity index (χ4v) is 0.733. The van der Waals surface area contributed by atoms with Gasteiger partial charge in [0.15, 0.2) is 5.78 Å². The number of aliphatic hydroxyl groups is 1. The molecule has 0 aliphatic carbocycles. The first-order valence-corrected chi connectivity index (χ1v) is 4.37. The lowest BCUT2D eigenvalue weighted by molar-refractivity contribution is -0.139. The first kappa shape index (κ1) is 13.9. The number of hydrogen-bond donors (Lipinski definition) is 2. The van der Waals surface area contributed by atoms with Crippen LogP contribution in [0.3, 0.4) is 0 Å². The summed E-state index contributed by atoms with van der Waals surface area (Å²) in [6.07, 6.45) is 2.83. The summed E-state index contributed by atoms with van der Waals surface area (Å²) in [6, 6.07) is 0. The lowest BCUT2D eigenvalue weighted by Gasteiger charge is -1.94. The monoisotopic (exact) mass is 228 g/mol. The van der Waals surface area contributed by atoms with Crippen LogP contribution in [-0.4, -0.2) is 35.0 Å². The Morgan fingerprint density at radius 1 is 1.19 bits per heavy atom. The van der Waals surface area contributed by atoms with Gasteiger partial charge in [0, 0.05) is 6.42 Å². The molecule has 88 valence electrons. The number of ketones is 1. The van der Waals surface area contributed by atoms with E-state index in [9.17, 15) is 14.4 Å².